The summed E-state index contributed by atoms with van der Waals surface area (Å²) < 4.78 is 0. The molecule has 2 heteroatoms. The Kier molecular flexibility index (Phi) is 2.57. The Bertz CT molecular complexity index is 179. The Balaban J connectivity index is 2.63. The second kappa shape index (κ2) is 3.17. The van der Waals surface area contributed by atoms with Crippen LogP contribution in [0.2, 0.25) is 0 Å². The van der Waals surface area contributed by atoms with Crippen molar-refractivity contribution in [3.63, 3.8) is 0 Å². The van der Waals surface area contributed by atoms with Crippen LogP contribution >= 0.6 is 0 Å². The SMILES string of the molecule is C[C@@H]1CC[C@H](C(C)(C)O)C(=O)C1. The van der Waals surface area contributed by atoms with E-state index in [1.165, 1.54) is 0 Å². The molecule has 2 nitrogen and oxygen atoms in total. The van der Waals surface area contributed by atoms with Crippen molar-refractivity contribution in [1.29, 1.82) is 0 Å². The number of Topliss-reactive ketones (excluding diaryl/α,β-unsaturated/α-hetero) is 1. The normalized spacial score (nSPS) is 32.2. The number of rotatable bonds is 1. The van der Waals surface area contributed by atoms with Gasteiger partial charge in [0, 0.05) is 12.3 Å². The van der Waals surface area contributed by atoms with Crippen LogP contribution in [-0.4, -0.2) is 16.5 Å². The highest BCUT2D eigenvalue weighted by molar-refractivity contribution is 5.82. The van der Waals surface area contributed by atoms with Crippen molar-refractivity contribution < 1.29 is 9.90 Å². The maximum absolute atomic E-state index is 11.5. The van der Waals surface area contributed by atoms with Gasteiger partial charge < -0.3 is 5.11 Å². The van der Waals surface area contributed by atoms with Crippen LogP contribution in [0.4, 0.5) is 0 Å². The van der Waals surface area contributed by atoms with Gasteiger partial charge >= 0.3 is 0 Å². The van der Waals surface area contributed by atoms with Crippen molar-refractivity contribution in [2.75, 3.05) is 0 Å². The summed E-state index contributed by atoms with van der Waals surface area (Å²) in [7, 11) is 0. The summed E-state index contributed by atoms with van der Waals surface area (Å²) in [6.45, 7) is 5.55. The quantitative estimate of drug-likeness (QED) is 0.651. The lowest BCUT2D eigenvalue weighted by molar-refractivity contribution is -0.134. The molecule has 0 aromatic rings. The highest BCUT2D eigenvalue weighted by atomic mass is 16.3. The molecule has 1 aliphatic carbocycles. The molecule has 1 rings (SSSR count). The van der Waals surface area contributed by atoms with Gasteiger partial charge in [-0.3, -0.25) is 4.79 Å². The topological polar surface area (TPSA) is 37.3 Å². The van der Waals surface area contributed by atoms with Gasteiger partial charge in [0.25, 0.3) is 0 Å². The van der Waals surface area contributed by atoms with Crippen LogP contribution < -0.4 is 0 Å². The Morgan fingerprint density at radius 2 is 2.00 bits per heavy atom. The second-order valence-corrected chi connectivity index (χ2v) is 4.56. The zero-order valence-electron chi connectivity index (χ0n) is 8.13. The third kappa shape index (κ3) is 2.07. The zero-order valence-corrected chi connectivity index (χ0v) is 8.13. The lowest BCUT2D eigenvalue weighted by Gasteiger charge is -2.33. The highest BCUT2D eigenvalue weighted by Gasteiger charge is 2.36. The van der Waals surface area contributed by atoms with E-state index in [0.717, 1.165) is 12.8 Å². The van der Waals surface area contributed by atoms with Gasteiger partial charge in [-0.1, -0.05) is 6.92 Å². The van der Waals surface area contributed by atoms with Crippen LogP contribution in [0.15, 0.2) is 0 Å². The molecule has 1 fully saturated rings. The van der Waals surface area contributed by atoms with Crippen molar-refractivity contribution in [3.8, 4) is 0 Å². The first-order valence-corrected chi connectivity index (χ1v) is 4.66. The molecule has 0 aromatic heterocycles. The minimum absolute atomic E-state index is 0.131. The highest BCUT2D eigenvalue weighted by Crippen LogP contribution is 2.32. The summed E-state index contributed by atoms with van der Waals surface area (Å²) in [5, 5.41) is 9.68. The molecule has 1 N–H and O–H groups in total. The van der Waals surface area contributed by atoms with Gasteiger partial charge in [-0.2, -0.15) is 0 Å². The van der Waals surface area contributed by atoms with E-state index in [0.29, 0.717) is 12.3 Å². The van der Waals surface area contributed by atoms with Crippen LogP contribution in [0.3, 0.4) is 0 Å². The summed E-state index contributed by atoms with van der Waals surface area (Å²) in [6, 6.07) is 0. The van der Waals surface area contributed by atoms with Crippen LogP contribution in [0, 0.1) is 11.8 Å². The Hall–Kier alpha value is -0.370. The van der Waals surface area contributed by atoms with Gasteiger partial charge in [-0.15, -0.1) is 0 Å². The number of carbonyl (C=O) groups excluding carboxylic acids is 1. The number of aliphatic hydroxyl groups is 1. The number of hydrogen-bond donors (Lipinski definition) is 1. The summed E-state index contributed by atoms with van der Waals surface area (Å²) in [5.41, 5.74) is -0.822. The standard InChI is InChI=1S/C10H18O2/c1-7-4-5-8(9(11)6-7)10(2,3)12/h7-8,12H,4-6H2,1-3H3/t7-,8+/m1/s1. The van der Waals surface area contributed by atoms with Gasteiger partial charge in [0.05, 0.1) is 5.60 Å². The van der Waals surface area contributed by atoms with E-state index in [-0.39, 0.29) is 11.7 Å². The third-order valence-electron chi connectivity index (χ3n) is 2.74. The van der Waals surface area contributed by atoms with E-state index >= 15 is 0 Å². The summed E-state index contributed by atoms with van der Waals surface area (Å²) in [4.78, 5) is 11.5. The molecule has 1 aliphatic rings. The van der Waals surface area contributed by atoms with Crippen LogP contribution in [0.5, 0.6) is 0 Å². The smallest absolute Gasteiger partial charge is 0.139 e. The van der Waals surface area contributed by atoms with Crippen LogP contribution in [0.1, 0.15) is 40.0 Å². The van der Waals surface area contributed by atoms with E-state index in [1.54, 1.807) is 13.8 Å². The van der Waals surface area contributed by atoms with E-state index in [2.05, 4.69) is 6.92 Å². The Morgan fingerprint density at radius 1 is 1.42 bits per heavy atom. The summed E-state index contributed by atoms with van der Waals surface area (Å²) in [6.07, 6.45) is 2.57. The van der Waals surface area contributed by atoms with E-state index in [9.17, 15) is 9.90 Å². The maximum Gasteiger partial charge on any atom is 0.139 e. The molecule has 0 unspecified atom stereocenters. The number of hydrogen-bond acceptors (Lipinski definition) is 2. The zero-order chi connectivity index (χ0) is 9.35. The average molecular weight is 170 g/mol. The van der Waals surface area contributed by atoms with Crippen molar-refractivity contribution in [2.24, 2.45) is 11.8 Å². The van der Waals surface area contributed by atoms with Gasteiger partial charge in [0.2, 0.25) is 0 Å². The minimum atomic E-state index is -0.822. The molecular weight excluding hydrogens is 152 g/mol. The van der Waals surface area contributed by atoms with Crippen molar-refractivity contribution in [3.05, 3.63) is 0 Å². The molecule has 0 aromatic carbocycles. The Morgan fingerprint density at radius 3 is 2.42 bits per heavy atom. The fraction of sp³-hybridized carbons (Fsp3) is 0.900. The maximum atomic E-state index is 11.5. The molecule has 12 heavy (non-hydrogen) atoms. The van der Waals surface area contributed by atoms with Crippen LogP contribution in [0.25, 0.3) is 0 Å². The first-order chi connectivity index (χ1) is 5.41. The molecule has 2 atom stereocenters. The van der Waals surface area contributed by atoms with E-state index < -0.39 is 5.60 Å². The molecule has 70 valence electrons. The van der Waals surface area contributed by atoms with Crippen LogP contribution in [-0.2, 0) is 4.79 Å². The minimum Gasteiger partial charge on any atom is -0.390 e. The molecule has 0 bridgehead atoms. The number of ketones is 1. The average Bonchev–Trinajstić information content (AvgIpc) is 1.83. The monoisotopic (exact) mass is 170 g/mol. The largest absolute Gasteiger partial charge is 0.390 e. The molecule has 0 spiro atoms. The van der Waals surface area contributed by atoms with Gasteiger partial charge in [0.1, 0.15) is 5.78 Å². The van der Waals surface area contributed by atoms with E-state index in [1.807, 2.05) is 0 Å². The fourth-order valence-electron chi connectivity index (χ4n) is 1.95. The first kappa shape index (κ1) is 9.72. The van der Waals surface area contributed by atoms with Gasteiger partial charge in [0.15, 0.2) is 0 Å². The lowest BCUT2D eigenvalue weighted by Crippen LogP contribution is -2.40. The van der Waals surface area contributed by atoms with E-state index in [4.69, 9.17) is 0 Å². The molecule has 0 amide bonds. The Labute approximate surface area is 74.0 Å². The predicted octanol–water partition coefficient (Wildman–Crippen LogP) is 1.76. The molecule has 1 saturated carbocycles. The van der Waals surface area contributed by atoms with Gasteiger partial charge in [-0.05, 0) is 32.6 Å². The van der Waals surface area contributed by atoms with Gasteiger partial charge in [-0.25, -0.2) is 0 Å². The molecule has 0 radical (unpaired) electrons. The lowest BCUT2D eigenvalue weighted by atomic mass is 9.74. The fourth-order valence-corrected chi connectivity index (χ4v) is 1.95. The second-order valence-electron chi connectivity index (χ2n) is 4.56. The predicted molar refractivity (Wildman–Crippen MR) is 47.8 cm³/mol. The summed E-state index contributed by atoms with van der Waals surface area (Å²) >= 11 is 0. The number of carbonyl (C=O) groups is 1. The molecular formula is C10H18O2. The van der Waals surface area contributed by atoms with Crippen molar-refractivity contribution in [2.45, 2.75) is 45.6 Å². The van der Waals surface area contributed by atoms with Crippen molar-refractivity contribution in [1.82, 2.24) is 0 Å². The first-order valence-electron chi connectivity index (χ1n) is 4.66. The summed E-state index contributed by atoms with van der Waals surface area (Å²) in [5.74, 6) is 0.617. The molecule has 0 heterocycles. The third-order valence-corrected chi connectivity index (χ3v) is 2.74. The van der Waals surface area contributed by atoms with Crippen molar-refractivity contribution >= 4 is 5.78 Å². The molecule has 0 saturated heterocycles. The molecule has 0 aliphatic heterocycles.